The van der Waals surface area contributed by atoms with Gasteiger partial charge in [-0.25, -0.2) is 0 Å². The minimum Gasteiger partial charge on any atom is -0.472 e. The minimum absolute atomic E-state index is 0.00916. The Kier molecular flexibility index (Phi) is 3.99. The molecule has 1 aliphatic rings. The number of nitrogens with zero attached hydrogens (tertiary/aromatic N) is 2. The standard InChI is InChI=1S/C21H18N2O2/c22-12-15-4-3-10-23(13-15)21(24)20-8-7-17(16-9-11-25-14-16)18-5-1-2-6-19(18)20/h1-2,5-9,11,14-15H,3-4,10,13H2. The zero-order valence-corrected chi connectivity index (χ0v) is 13.8. The predicted molar refractivity (Wildman–Crippen MR) is 95.9 cm³/mol. The fraction of sp³-hybridized carbons (Fsp3) is 0.238. The van der Waals surface area contributed by atoms with Crippen molar-refractivity contribution in [3.05, 3.63) is 60.6 Å². The Hall–Kier alpha value is -3.06. The number of furan rings is 1. The molecule has 4 rings (SSSR count). The molecule has 4 nitrogen and oxygen atoms in total. The Labute approximate surface area is 146 Å². The molecule has 4 heteroatoms. The molecule has 124 valence electrons. The van der Waals surface area contributed by atoms with Crippen LogP contribution in [-0.4, -0.2) is 23.9 Å². The van der Waals surface area contributed by atoms with E-state index in [1.165, 1.54) is 0 Å². The van der Waals surface area contributed by atoms with Crippen LogP contribution in [-0.2, 0) is 0 Å². The molecule has 0 spiro atoms. The van der Waals surface area contributed by atoms with Crippen molar-refractivity contribution in [3.8, 4) is 17.2 Å². The maximum Gasteiger partial charge on any atom is 0.254 e. The van der Waals surface area contributed by atoms with Crippen molar-refractivity contribution in [1.29, 1.82) is 5.26 Å². The summed E-state index contributed by atoms with van der Waals surface area (Å²) in [6.07, 6.45) is 5.12. The largest absolute Gasteiger partial charge is 0.472 e. The first-order valence-corrected chi connectivity index (χ1v) is 8.51. The van der Waals surface area contributed by atoms with Crippen molar-refractivity contribution >= 4 is 16.7 Å². The minimum atomic E-state index is -0.0610. The molecule has 1 saturated heterocycles. The van der Waals surface area contributed by atoms with Gasteiger partial charge in [0.1, 0.15) is 0 Å². The summed E-state index contributed by atoms with van der Waals surface area (Å²) >= 11 is 0. The lowest BCUT2D eigenvalue weighted by Crippen LogP contribution is -2.39. The third-order valence-corrected chi connectivity index (χ3v) is 4.88. The van der Waals surface area contributed by atoms with Crippen molar-refractivity contribution in [2.75, 3.05) is 13.1 Å². The highest BCUT2D eigenvalue weighted by molar-refractivity contribution is 6.10. The van der Waals surface area contributed by atoms with E-state index >= 15 is 0 Å². The van der Waals surface area contributed by atoms with Crippen LogP contribution in [0.5, 0.6) is 0 Å². The van der Waals surface area contributed by atoms with Crippen molar-refractivity contribution in [2.24, 2.45) is 5.92 Å². The summed E-state index contributed by atoms with van der Waals surface area (Å²) in [5.74, 6) is -0.0518. The summed E-state index contributed by atoms with van der Waals surface area (Å²) < 4.78 is 5.21. The van der Waals surface area contributed by atoms with Gasteiger partial charge in [-0.05, 0) is 41.3 Å². The topological polar surface area (TPSA) is 57.2 Å². The van der Waals surface area contributed by atoms with Gasteiger partial charge in [0.15, 0.2) is 0 Å². The zero-order valence-electron chi connectivity index (χ0n) is 13.8. The molecule has 1 atom stereocenters. The molecule has 2 heterocycles. The summed E-state index contributed by atoms with van der Waals surface area (Å²) in [4.78, 5) is 14.9. The van der Waals surface area contributed by atoms with Gasteiger partial charge in [0.05, 0.1) is 24.5 Å². The van der Waals surface area contributed by atoms with Crippen molar-refractivity contribution in [2.45, 2.75) is 12.8 Å². The summed E-state index contributed by atoms with van der Waals surface area (Å²) in [6, 6.07) is 16.0. The van der Waals surface area contributed by atoms with E-state index in [0.717, 1.165) is 41.3 Å². The molecule has 1 aliphatic heterocycles. The normalized spacial score (nSPS) is 17.4. The number of hydrogen-bond donors (Lipinski definition) is 0. The highest BCUT2D eigenvalue weighted by atomic mass is 16.3. The number of hydrogen-bond acceptors (Lipinski definition) is 3. The van der Waals surface area contributed by atoms with E-state index in [9.17, 15) is 10.1 Å². The van der Waals surface area contributed by atoms with Crippen LogP contribution in [0.2, 0.25) is 0 Å². The van der Waals surface area contributed by atoms with Gasteiger partial charge in [0.2, 0.25) is 0 Å². The van der Waals surface area contributed by atoms with Crippen molar-refractivity contribution < 1.29 is 9.21 Å². The fourth-order valence-electron chi connectivity index (χ4n) is 3.59. The van der Waals surface area contributed by atoms with E-state index in [-0.39, 0.29) is 11.8 Å². The van der Waals surface area contributed by atoms with Gasteiger partial charge in [-0.3, -0.25) is 4.79 Å². The Morgan fingerprint density at radius 2 is 2.00 bits per heavy atom. The lowest BCUT2D eigenvalue weighted by atomic mass is 9.94. The van der Waals surface area contributed by atoms with Crippen molar-refractivity contribution in [3.63, 3.8) is 0 Å². The highest BCUT2D eigenvalue weighted by Crippen LogP contribution is 2.32. The highest BCUT2D eigenvalue weighted by Gasteiger charge is 2.25. The lowest BCUT2D eigenvalue weighted by Gasteiger charge is -2.30. The van der Waals surface area contributed by atoms with Crippen molar-refractivity contribution in [1.82, 2.24) is 4.90 Å². The molecule has 1 aromatic heterocycles. The van der Waals surface area contributed by atoms with E-state index in [1.807, 2.05) is 47.4 Å². The number of nitriles is 1. The van der Waals surface area contributed by atoms with Crippen LogP contribution in [0.25, 0.3) is 21.9 Å². The zero-order chi connectivity index (χ0) is 17.2. The Balaban J connectivity index is 1.77. The molecular weight excluding hydrogens is 312 g/mol. The third-order valence-electron chi connectivity index (χ3n) is 4.88. The summed E-state index contributed by atoms with van der Waals surface area (Å²) in [5.41, 5.74) is 2.74. The van der Waals surface area contributed by atoms with E-state index in [4.69, 9.17) is 4.42 Å². The molecule has 1 amide bonds. The van der Waals surface area contributed by atoms with Gasteiger partial charge in [0.25, 0.3) is 5.91 Å². The molecule has 0 saturated carbocycles. The number of benzene rings is 2. The number of fused-ring (bicyclic) bond motifs is 1. The molecule has 0 radical (unpaired) electrons. The molecular formula is C21H18N2O2. The number of carbonyl (C=O) groups excluding carboxylic acids is 1. The molecule has 25 heavy (non-hydrogen) atoms. The van der Waals surface area contributed by atoms with E-state index in [0.29, 0.717) is 12.1 Å². The van der Waals surface area contributed by atoms with Crippen LogP contribution in [0.1, 0.15) is 23.2 Å². The van der Waals surface area contributed by atoms with Crippen LogP contribution >= 0.6 is 0 Å². The summed E-state index contributed by atoms with van der Waals surface area (Å²) in [5, 5.41) is 11.1. The molecule has 0 bridgehead atoms. The SMILES string of the molecule is N#CC1CCCN(C(=O)c2ccc(-c3ccoc3)c3ccccc23)C1. The second kappa shape index (κ2) is 6.45. The first-order valence-electron chi connectivity index (χ1n) is 8.51. The van der Waals surface area contributed by atoms with Crippen LogP contribution in [0.3, 0.4) is 0 Å². The summed E-state index contributed by atoms with van der Waals surface area (Å²) in [6.45, 7) is 1.24. The Morgan fingerprint density at radius 1 is 1.16 bits per heavy atom. The van der Waals surface area contributed by atoms with Gasteiger partial charge in [-0.2, -0.15) is 5.26 Å². The van der Waals surface area contributed by atoms with Gasteiger partial charge >= 0.3 is 0 Å². The average molecular weight is 330 g/mol. The van der Waals surface area contributed by atoms with Gasteiger partial charge in [-0.15, -0.1) is 0 Å². The quantitative estimate of drug-likeness (QED) is 0.696. The number of likely N-dealkylation sites (tertiary alicyclic amines) is 1. The maximum absolute atomic E-state index is 13.1. The Bertz CT molecular complexity index is 954. The van der Waals surface area contributed by atoms with E-state index in [2.05, 4.69) is 6.07 Å². The predicted octanol–water partition coefficient (Wildman–Crippen LogP) is 4.48. The summed E-state index contributed by atoms with van der Waals surface area (Å²) in [7, 11) is 0. The van der Waals surface area contributed by atoms with Crippen LogP contribution in [0, 0.1) is 17.2 Å². The number of carbonyl (C=O) groups is 1. The van der Waals surface area contributed by atoms with Crippen LogP contribution < -0.4 is 0 Å². The van der Waals surface area contributed by atoms with Crippen LogP contribution in [0.15, 0.2) is 59.4 Å². The molecule has 0 N–H and O–H groups in total. The third kappa shape index (κ3) is 2.78. The average Bonchev–Trinajstić information content (AvgIpc) is 3.21. The van der Waals surface area contributed by atoms with Gasteiger partial charge in [0, 0.05) is 24.2 Å². The monoisotopic (exact) mass is 330 g/mol. The number of piperidine rings is 1. The second-order valence-electron chi connectivity index (χ2n) is 6.44. The smallest absolute Gasteiger partial charge is 0.254 e. The molecule has 1 fully saturated rings. The van der Waals surface area contributed by atoms with Gasteiger partial charge in [-0.1, -0.05) is 30.3 Å². The molecule has 1 unspecified atom stereocenters. The molecule has 3 aromatic rings. The molecule has 0 aliphatic carbocycles. The first-order chi connectivity index (χ1) is 12.3. The Morgan fingerprint density at radius 3 is 2.76 bits per heavy atom. The van der Waals surface area contributed by atoms with Gasteiger partial charge < -0.3 is 9.32 Å². The fourth-order valence-corrected chi connectivity index (χ4v) is 3.59. The first kappa shape index (κ1) is 15.5. The van der Waals surface area contributed by atoms with Crippen LogP contribution in [0.4, 0.5) is 0 Å². The lowest BCUT2D eigenvalue weighted by molar-refractivity contribution is 0.0701. The maximum atomic E-state index is 13.1. The van der Waals surface area contributed by atoms with E-state index in [1.54, 1.807) is 12.5 Å². The number of rotatable bonds is 2. The van der Waals surface area contributed by atoms with E-state index < -0.39 is 0 Å². The second-order valence-corrected chi connectivity index (χ2v) is 6.44. The molecule has 2 aromatic carbocycles. The number of amides is 1.